The average Bonchev–Trinajstić information content (AvgIpc) is 2.76. The average molecular weight is 304 g/mol. The number of hydrogen-bond acceptors (Lipinski definition) is 3. The minimum atomic E-state index is -1.51. The standard InChI is InChI=1S/C12H8ClF2NO2S/c13-9-4-1-6(19-9)5-16-8-3-2-7(12(17)18)10(14)11(8)15/h1-4,16H,5H2,(H,17,18). The van der Waals surface area contributed by atoms with Gasteiger partial charge in [0.1, 0.15) is 0 Å². The largest absolute Gasteiger partial charge is 0.478 e. The van der Waals surface area contributed by atoms with Crippen molar-refractivity contribution in [2.75, 3.05) is 5.32 Å². The summed E-state index contributed by atoms with van der Waals surface area (Å²) in [6.07, 6.45) is 0. The highest BCUT2D eigenvalue weighted by atomic mass is 35.5. The lowest BCUT2D eigenvalue weighted by Gasteiger charge is -2.08. The van der Waals surface area contributed by atoms with Crippen molar-refractivity contribution in [1.82, 2.24) is 0 Å². The molecule has 0 aliphatic carbocycles. The molecule has 1 aromatic carbocycles. The SMILES string of the molecule is O=C(O)c1ccc(NCc2ccc(Cl)s2)c(F)c1F. The zero-order chi connectivity index (χ0) is 14.0. The molecule has 0 bridgehead atoms. The Balaban J connectivity index is 2.17. The van der Waals surface area contributed by atoms with E-state index in [1.54, 1.807) is 12.1 Å². The van der Waals surface area contributed by atoms with Gasteiger partial charge in [-0.15, -0.1) is 11.3 Å². The zero-order valence-corrected chi connectivity index (χ0v) is 11.0. The Kier molecular flexibility index (Phi) is 4.01. The van der Waals surface area contributed by atoms with Crippen LogP contribution in [0.25, 0.3) is 0 Å². The second-order valence-electron chi connectivity index (χ2n) is 3.65. The van der Waals surface area contributed by atoms with E-state index in [0.29, 0.717) is 4.34 Å². The molecule has 0 aliphatic rings. The molecule has 1 heterocycles. The molecule has 3 nitrogen and oxygen atoms in total. The van der Waals surface area contributed by atoms with E-state index in [0.717, 1.165) is 10.9 Å². The second kappa shape index (κ2) is 5.54. The van der Waals surface area contributed by atoms with Crippen LogP contribution in [-0.4, -0.2) is 11.1 Å². The Morgan fingerprint density at radius 3 is 2.58 bits per heavy atom. The van der Waals surface area contributed by atoms with Crippen molar-refractivity contribution in [3.8, 4) is 0 Å². The zero-order valence-electron chi connectivity index (χ0n) is 9.41. The van der Waals surface area contributed by atoms with Crippen LogP contribution in [0.4, 0.5) is 14.5 Å². The summed E-state index contributed by atoms with van der Waals surface area (Å²) in [5, 5.41) is 11.3. The van der Waals surface area contributed by atoms with Crippen molar-refractivity contribution in [2.24, 2.45) is 0 Å². The van der Waals surface area contributed by atoms with Crippen molar-refractivity contribution in [3.05, 3.63) is 50.7 Å². The molecular formula is C12H8ClF2NO2S. The summed E-state index contributed by atoms with van der Waals surface area (Å²) in [4.78, 5) is 11.5. The smallest absolute Gasteiger partial charge is 0.338 e. The van der Waals surface area contributed by atoms with Gasteiger partial charge in [0.15, 0.2) is 11.6 Å². The molecule has 0 spiro atoms. The van der Waals surface area contributed by atoms with E-state index in [4.69, 9.17) is 16.7 Å². The highest BCUT2D eigenvalue weighted by Crippen LogP contribution is 2.24. The first-order valence-corrected chi connectivity index (χ1v) is 6.38. The third-order valence-corrected chi connectivity index (χ3v) is 3.63. The molecule has 100 valence electrons. The first kappa shape index (κ1) is 13.8. The Hall–Kier alpha value is -1.66. The number of hydrogen-bond donors (Lipinski definition) is 2. The predicted molar refractivity (Wildman–Crippen MR) is 70.0 cm³/mol. The Bertz CT molecular complexity index is 630. The minimum Gasteiger partial charge on any atom is -0.478 e. The normalized spacial score (nSPS) is 10.5. The van der Waals surface area contributed by atoms with Crippen LogP contribution in [0.1, 0.15) is 15.2 Å². The summed E-state index contributed by atoms with van der Waals surface area (Å²) < 4.78 is 27.6. The van der Waals surface area contributed by atoms with Crippen molar-refractivity contribution in [2.45, 2.75) is 6.54 Å². The molecule has 0 atom stereocenters. The highest BCUT2D eigenvalue weighted by Gasteiger charge is 2.17. The lowest BCUT2D eigenvalue weighted by molar-refractivity contribution is 0.0690. The maximum atomic E-state index is 13.6. The number of carboxylic acids is 1. The molecule has 0 unspecified atom stereocenters. The van der Waals surface area contributed by atoms with Gasteiger partial charge in [-0.2, -0.15) is 0 Å². The van der Waals surface area contributed by atoms with E-state index in [2.05, 4.69) is 5.32 Å². The van der Waals surface area contributed by atoms with Gasteiger partial charge in [-0.25, -0.2) is 13.6 Å². The molecule has 0 fully saturated rings. The number of nitrogens with one attached hydrogen (secondary N) is 1. The number of benzene rings is 1. The Labute approximate surface area is 116 Å². The fourth-order valence-corrected chi connectivity index (χ4v) is 2.51. The number of carboxylic acid groups (broad SMARTS) is 1. The van der Waals surface area contributed by atoms with Gasteiger partial charge in [0.05, 0.1) is 15.6 Å². The van der Waals surface area contributed by atoms with Gasteiger partial charge >= 0.3 is 5.97 Å². The Morgan fingerprint density at radius 2 is 2.00 bits per heavy atom. The summed E-state index contributed by atoms with van der Waals surface area (Å²) in [6.45, 7) is 0.278. The number of aromatic carboxylic acids is 1. The van der Waals surface area contributed by atoms with Gasteiger partial charge in [0, 0.05) is 11.4 Å². The summed E-state index contributed by atoms with van der Waals surface area (Å²) in [5.74, 6) is -4.09. The minimum absolute atomic E-state index is 0.0907. The van der Waals surface area contributed by atoms with Crippen LogP contribution >= 0.6 is 22.9 Å². The molecule has 19 heavy (non-hydrogen) atoms. The lowest BCUT2D eigenvalue weighted by atomic mass is 10.2. The third-order valence-electron chi connectivity index (χ3n) is 2.39. The van der Waals surface area contributed by atoms with E-state index in [1.807, 2.05) is 0 Å². The number of anilines is 1. The van der Waals surface area contributed by atoms with Crippen LogP contribution < -0.4 is 5.32 Å². The van der Waals surface area contributed by atoms with Gasteiger partial charge in [-0.05, 0) is 24.3 Å². The van der Waals surface area contributed by atoms with Crippen molar-refractivity contribution < 1.29 is 18.7 Å². The molecule has 0 saturated heterocycles. The van der Waals surface area contributed by atoms with E-state index < -0.39 is 23.2 Å². The van der Waals surface area contributed by atoms with Crippen LogP contribution in [0.2, 0.25) is 4.34 Å². The van der Waals surface area contributed by atoms with E-state index >= 15 is 0 Å². The number of thiophene rings is 1. The van der Waals surface area contributed by atoms with E-state index in [-0.39, 0.29) is 12.2 Å². The van der Waals surface area contributed by atoms with Crippen molar-refractivity contribution >= 4 is 34.6 Å². The fourth-order valence-electron chi connectivity index (χ4n) is 1.48. The molecule has 7 heteroatoms. The van der Waals surface area contributed by atoms with Crippen LogP contribution in [0, 0.1) is 11.6 Å². The maximum absolute atomic E-state index is 13.6. The number of carbonyl (C=O) groups is 1. The summed E-state index contributed by atoms with van der Waals surface area (Å²) in [5.41, 5.74) is -0.783. The van der Waals surface area contributed by atoms with Gasteiger partial charge in [0.25, 0.3) is 0 Å². The first-order valence-electron chi connectivity index (χ1n) is 5.18. The molecule has 1 aromatic heterocycles. The number of rotatable bonds is 4. The molecule has 2 aromatic rings. The summed E-state index contributed by atoms with van der Waals surface area (Å²) in [6, 6.07) is 5.68. The molecule has 2 rings (SSSR count). The van der Waals surface area contributed by atoms with Crippen molar-refractivity contribution in [1.29, 1.82) is 0 Å². The summed E-state index contributed by atoms with van der Waals surface area (Å²) in [7, 11) is 0. The van der Waals surface area contributed by atoms with Gasteiger partial charge in [-0.3, -0.25) is 0 Å². The molecule has 0 saturated carbocycles. The topological polar surface area (TPSA) is 49.3 Å². The van der Waals surface area contributed by atoms with Crippen LogP contribution in [0.3, 0.4) is 0 Å². The molecule has 2 N–H and O–H groups in total. The number of halogens is 3. The lowest BCUT2D eigenvalue weighted by Crippen LogP contribution is -2.07. The molecule has 0 aliphatic heterocycles. The van der Waals surface area contributed by atoms with Crippen LogP contribution in [-0.2, 0) is 6.54 Å². The molecular weight excluding hydrogens is 296 g/mol. The van der Waals surface area contributed by atoms with E-state index in [9.17, 15) is 13.6 Å². The maximum Gasteiger partial charge on any atom is 0.338 e. The van der Waals surface area contributed by atoms with E-state index in [1.165, 1.54) is 17.4 Å². The van der Waals surface area contributed by atoms with Gasteiger partial charge in [0.2, 0.25) is 0 Å². The highest BCUT2D eigenvalue weighted by molar-refractivity contribution is 7.16. The molecule has 0 amide bonds. The Morgan fingerprint density at radius 1 is 1.26 bits per heavy atom. The van der Waals surface area contributed by atoms with Crippen molar-refractivity contribution in [3.63, 3.8) is 0 Å². The molecule has 0 radical (unpaired) electrons. The quantitative estimate of drug-likeness (QED) is 0.898. The predicted octanol–water partition coefficient (Wildman–Crippen LogP) is 3.99. The van der Waals surface area contributed by atoms with Gasteiger partial charge < -0.3 is 10.4 Å². The van der Waals surface area contributed by atoms with Gasteiger partial charge in [-0.1, -0.05) is 11.6 Å². The monoisotopic (exact) mass is 303 g/mol. The first-order chi connectivity index (χ1) is 8.99. The third kappa shape index (κ3) is 3.02. The second-order valence-corrected chi connectivity index (χ2v) is 5.45. The van der Waals surface area contributed by atoms with Crippen LogP contribution in [0.5, 0.6) is 0 Å². The summed E-state index contributed by atoms with van der Waals surface area (Å²) >= 11 is 7.06. The van der Waals surface area contributed by atoms with Crippen LogP contribution in [0.15, 0.2) is 24.3 Å². The fraction of sp³-hybridized carbons (Fsp3) is 0.0833.